The number of imide groups is 1. The number of nitrogens with zero attached hydrogens (tertiary/aromatic N) is 5. The maximum absolute atomic E-state index is 14.0. The Hall–Kier alpha value is -3.87. The number of aromatic amines is 1. The molecule has 0 unspecified atom stereocenters. The van der Waals surface area contributed by atoms with Gasteiger partial charge in [-0.2, -0.15) is 10.1 Å². The van der Waals surface area contributed by atoms with Crippen LogP contribution < -0.4 is 26.6 Å². The summed E-state index contributed by atoms with van der Waals surface area (Å²) in [5.74, 6) is 0.902. The van der Waals surface area contributed by atoms with Gasteiger partial charge in [-0.15, -0.1) is 12.4 Å². The monoisotopic (exact) mass is 691 g/mol. The van der Waals surface area contributed by atoms with E-state index in [1.54, 1.807) is 24.3 Å². The van der Waals surface area contributed by atoms with Crippen molar-refractivity contribution in [3.05, 3.63) is 77.2 Å². The van der Waals surface area contributed by atoms with Crippen LogP contribution in [0.2, 0.25) is 5.28 Å². The highest BCUT2D eigenvalue weighted by Gasteiger charge is 2.35. The molecule has 11 nitrogen and oxygen atoms in total. The summed E-state index contributed by atoms with van der Waals surface area (Å²) in [6.07, 6.45) is 5.34. The Kier molecular flexibility index (Phi) is 11.8. The van der Waals surface area contributed by atoms with Gasteiger partial charge in [0.25, 0.3) is 5.91 Å². The van der Waals surface area contributed by atoms with E-state index in [9.17, 15) is 9.59 Å². The maximum Gasteiger partial charge on any atom is 0.251 e. The highest BCUT2D eigenvalue weighted by Crippen LogP contribution is 2.32. The van der Waals surface area contributed by atoms with Crippen LogP contribution in [-0.2, 0) is 16.0 Å². The number of aryl methyl sites for hydroxylation is 1. The Balaban J connectivity index is 0.00000451. The zero-order valence-corrected chi connectivity index (χ0v) is 28.6. The number of aromatic nitrogens is 4. The summed E-state index contributed by atoms with van der Waals surface area (Å²) in [4.78, 5) is 40.4. The molecule has 1 saturated heterocycles. The Morgan fingerprint density at radius 2 is 1.69 bits per heavy atom. The van der Waals surface area contributed by atoms with Crippen molar-refractivity contribution >= 4 is 47.3 Å². The SMILES string of the molecule is Cc1cc(N2CCNCC2)ncc1-c1ccc(C[C@H](N)C(=O)N(C(=O)C2CCC(CN)CC2)c2ccc(-c3n[nH]c(Cl)n3)cc2)cc1.Cl. The fourth-order valence-electron chi connectivity index (χ4n) is 6.56. The molecule has 0 bridgehead atoms. The van der Waals surface area contributed by atoms with E-state index in [1.807, 2.05) is 30.5 Å². The van der Waals surface area contributed by atoms with Crippen molar-refractivity contribution in [1.82, 2.24) is 25.5 Å². The van der Waals surface area contributed by atoms with Crippen LogP contribution in [0.25, 0.3) is 22.5 Å². The van der Waals surface area contributed by atoms with Gasteiger partial charge in [0.05, 0.1) is 11.7 Å². The van der Waals surface area contributed by atoms with Gasteiger partial charge in [0.1, 0.15) is 5.82 Å². The van der Waals surface area contributed by atoms with Crippen LogP contribution in [0.4, 0.5) is 11.5 Å². The molecular formula is C35H43Cl2N9O2. The van der Waals surface area contributed by atoms with Gasteiger partial charge in [0.2, 0.25) is 11.2 Å². The highest BCUT2D eigenvalue weighted by atomic mass is 35.5. The molecule has 6 rings (SSSR count). The lowest BCUT2D eigenvalue weighted by molar-refractivity contribution is -0.130. The van der Waals surface area contributed by atoms with Crippen LogP contribution in [0.1, 0.15) is 36.8 Å². The predicted molar refractivity (Wildman–Crippen MR) is 192 cm³/mol. The molecule has 0 radical (unpaired) electrons. The lowest BCUT2D eigenvalue weighted by atomic mass is 9.81. The molecular weight excluding hydrogens is 649 g/mol. The molecule has 4 aromatic rings. The number of pyridine rings is 1. The largest absolute Gasteiger partial charge is 0.354 e. The zero-order chi connectivity index (χ0) is 32.9. The maximum atomic E-state index is 14.0. The Morgan fingerprint density at radius 1 is 1.02 bits per heavy atom. The van der Waals surface area contributed by atoms with E-state index < -0.39 is 11.9 Å². The van der Waals surface area contributed by atoms with E-state index in [0.717, 1.165) is 67.1 Å². The van der Waals surface area contributed by atoms with Crippen LogP contribution in [0, 0.1) is 18.8 Å². The van der Waals surface area contributed by atoms with Crippen molar-refractivity contribution in [3.63, 3.8) is 0 Å². The average molecular weight is 693 g/mol. The second-order valence-electron chi connectivity index (χ2n) is 12.6. The predicted octanol–water partition coefficient (Wildman–Crippen LogP) is 4.52. The molecule has 254 valence electrons. The lowest BCUT2D eigenvalue weighted by Crippen LogP contribution is -2.50. The minimum absolute atomic E-state index is 0. The number of amides is 2. The molecule has 0 spiro atoms. The molecule has 2 fully saturated rings. The summed E-state index contributed by atoms with van der Waals surface area (Å²) in [5.41, 5.74) is 17.8. The fourth-order valence-corrected chi connectivity index (χ4v) is 6.68. The number of piperazine rings is 1. The quantitative estimate of drug-likeness (QED) is 0.198. The first-order valence-electron chi connectivity index (χ1n) is 16.3. The summed E-state index contributed by atoms with van der Waals surface area (Å²) in [7, 11) is 0. The van der Waals surface area contributed by atoms with Crippen molar-refractivity contribution in [2.45, 2.75) is 45.1 Å². The molecule has 3 heterocycles. The van der Waals surface area contributed by atoms with Gasteiger partial charge >= 0.3 is 0 Å². The van der Waals surface area contributed by atoms with Gasteiger partial charge in [-0.25, -0.2) is 15.0 Å². The fraction of sp³-hybridized carbons (Fsp3) is 0.400. The number of nitrogens with one attached hydrogen (secondary N) is 2. The van der Waals surface area contributed by atoms with Gasteiger partial charge in [0.15, 0.2) is 5.82 Å². The molecule has 1 aliphatic heterocycles. The number of anilines is 2. The van der Waals surface area contributed by atoms with Crippen molar-refractivity contribution in [3.8, 4) is 22.5 Å². The van der Waals surface area contributed by atoms with Crippen LogP contribution >= 0.6 is 24.0 Å². The first-order valence-corrected chi connectivity index (χ1v) is 16.7. The number of nitrogens with two attached hydrogens (primary N) is 2. The van der Waals surface area contributed by atoms with E-state index in [1.165, 1.54) is 4.90 Å². The van der Waals surface area contributed by atoms with Gasteiger partial charge in [-0.05, 0) is 110 Å². The third-order valence-corrected chi connectivity index (χ3v) is 9.56. The third-order valence-electron chi connectivity index (χ3n) is 9.39. The number of H-pyrrole nitrogens is 1. The number of rotatable bonds is 9. The first kappa shape index (κ1) is 35.4. The van der Waals surface area contributed by atoms with E-state index in [4.69, 9.17) is 28.1 Å². The van der Waals surface area contributed by atoms with Gasteiger partial charge in [0, 0.05) is 49.4 Å². The first-order chi connectivity index (χ1) is 22.8. The van der Waals surface area contributed by atoms with Crippen molar-refractivity contribution < 1.29 is 9.59 Å². The van der Waals surface area contributed by atoms with Gasteiger partial charge in [-0.3, -0.25) is 9.59 Å². The number of benzene rings is 2. The van der Waals surface area contributed by atoms with Crippen LogP contribution in [0.15, 0.2) is 60.8 Å². The van der Waals surface area contributed by atoms with Gasteiger partial charge in [-0.1, -0.05) is 24.3 Å². The normalized spacial score (nSPS) is 18.5. The second kappa shape index (κ2) is 16.0. The van der Waals surface area contributed by atoms with Gasteiger partial charge < -0.3 is 21.7 Å². The summed E-state index contributed by atoms with van der Waals surface area (Å²) < 4.78 is 0. The van der Waals surface area contributed by atoms with Crippen LogP contribution in [-0.4, -0.2) is 70.7 Å². The molecule has 2 aromatic heterocycles. The third kappa shape index (κ3) is 8.04. The molecule has 48 heavy (non-hydrogen) atoms. The summed E-state index contributed by atoms with van der Waals surface area (Å²) in [5, 5.41) is 10.3. The average Bonchev–Trinajstić information content (AvgIpc) is 3.55. The Bertz CT molecular complexity index is 1680. The van der Waals surface area contributed by atoms with E-state index in [-0.39, 0.29) is 35.9 Å². The molecule has 1 aliphatic carbocycles. The van der Waals surface area contributed by atoms with E-state index >= 15 is 0 Å². The standard InChI is InChI=1S/C35H42ClN9O2.ClH/c1-22-18-31(44-16-14-39-15-17-44)40-21-29(22)25-6-2-23(3-7-25)19-30(38)34(47)45(33(46)27-8-4-24(20-37)5-9-27)28-12-10-26(11-13-28)32-41-35(36)43-42-32;/h2-3,6-7,10-13,18,21,24,27,30,39H,4-5,8-9,14-17,19-20,37-38H2,1H3,(H,41,42,43);1H/t24?,27?,30-;/m0./s1. The number of carbonyl (C=O) groups excluding carboxylic acids is 2. The van der Waals surface area contributed by atoms with Crippen molar-refractivity contribution in [1.29, 1.82) is 0 Å². The van der Waals surface area contributed by atoms with Crippen molar-refractivity contribution in [2.75, 3.05) is 42.5 Å². The van der Waals surface area contributed by atoms with E-state index in [0.29, 0.717) is 42.4 Å². The number of carbonyl (C=O) groups is 2. The number of hydrogen-bond acceptors (Lipinski definition) is 9. The number of halogens is 2. The van der Waals surface area contributed by atoms with Crippen LogP contribution in [0.3, 0.4) is 0 Å². The van der Waals surface area contributed by atoms with E-state index in [2.05, 4.69) is 38.4 Å². The second-order valence-corrected chi connectivity index (χ2v) is 12.9. The molecule has 2 amide bonds. The number of hydrogen-bond donors (Lipinski definition) is 4. The minimum atomic E-state index is -0.918. The Morgan fingerprint density at radius 3 is 2.29 bits per heavy atom. The molecule has 2 aromatic carbocycles. The topological polar surface area (TPSA) is 159 Å². The smallest absolute Gasteiger partial charge is 0.251 e. The lowest BCUT2D eigenvalue weighted by Gasteiger charge is -2.32. The summed E-state index contributed by atoms with van der Waals surface area (Å²) in [6, 6.07) is 16.3. The van der Waals surface area contributed by atoms with Crippen molar-refractivity contribution in [2.24, 2.45) is 23.3 Å². The highest BCUT2D eigenvalue weighted by molar-refractivity contribution is 6.28. The molecule has 1 saturated carbocycles. The molecule has 6 N–H and O–H groups in total. The summed E-state index contributed by atoms with van der Waals surface area (Å²) in [6.45, 7) is 6.52. The molecule has 2 aliphatic rings. The molecule has 1 atom stereocenters. The summed E-state index contributed by atoms with van der Waals surface area (Å²) >= 11 is 5.91. The minimum Gasteiger partial charge on any atom is -0.354 e. The van der Waals surface area contributed by atoms with Crippen LogP contribution in [0.5, 0.6) is 0 Å². The zero-order valence-electron chi connectivity index (χ0n) is 27.1. The Labute approximate surface area is 292 Å². The molecule has 13 heteroatoms.